The molecule has 2 amide bonds. The van der Waals surface area contributed by atoms with Gasteiger partial charge in [0.15, 0.2) is 0 Å². The second kappa shape index (κ2) is 9.56. The van der Waals surface area contributed by atoms with E-state index >= 15 is 0 Å². The van der Waals surface area contributed by atoms with Gasteiger partial charge < -0.3 is 20.0 Å². The lowest BCUT2D eigenvalue weighted by Crippen LogP contribution is -2.36. The molecule has 0 bridgehead atoms. The zero-order valence-electron chi connectivity index (χ0n) is 14.8. The van der Waals surface area contributed by atoms with Crippen molar-refractivity contribution < 1.29 is 14.0 Å². The third-order valence-corrected chi connectivity index (χ3v) is 4.64. The summed E-state index contributed by atoms with van der Waals surface area (Å²) < 4.78 is 5.70. The number of hydrogen-bond donors (Lipinski definition) is 2. The van der Waals surface area contributed by atoms with E-state index in [-0.39, 0.29) is 18.0 Å². The van der Waals surface area contributed by atoms with E-state index in [2.05, 4.69) is 29.4 Å². The number of anilines is 1. The summed E-state index contributed by atoms with van der Waals surface area (Å²) in [5.41, 5.74) is 0.690. The lowest BCUT2D eigenvalue weighted by Gasteiger charge is -2.21. The summed E-state index contributed by atoms with van der Waals surface area (Å²) in [6, 6.07) is 7.12. The summed E-state index contributed by atoms with van der Waals surface area (Å²) in [6.07, 6.45) is 0. The van der Waals surface area contributed by atoms with E-state index in [1.165, 1.54) is 6.07 Å². The summed E-state index contributed by atoms with van der Waals surface area (Å²) in [7, 11) is 0. The lowest BCUT2D eigenvalue weighted by atomic mass is 10.1. The molecular weight excluding hydrogens is 449 g/mol. The zero-order valence-corrected chi connectivity index (χ0v) is 17.0. The number of nitrogens with zero attached hydrogens (tertiary/aromatic N) is 1. The Hall–Kier alpha value is -2.10. The fourth-order valence-corrected chi connectivity index (χ4v) is 2.83. The summed E-state index contributed by atoms with van der Waals surface area (Å²) in [6.45, 7) is 6.35. The Morgan fingerprint density at radius 2 is 1.81 bits per heavy atom. The van der Waals surface area contributed by atoms with E-state index in [0.717, 1.165) is 18.8 Å². The van der Waals surface area contributed by atoms with Crippen LogP contribution in [-0.4, -0.2) is 42.4 Å². The number of amides is 2. The Labute approximate surface area is 165 Å². The third kappa shape index (κ3) is 4.96. The number of carbonyl (C=O) groups excluding carboxylic acids is 2. The van der Waals surface area contributed by atoms with Crippen molar-refractivity contribution in [3.05, 3.63) is 40.2 Å². The first-order valence-electron chi connectivity index (χ1n) is 8.43. The van der Waals surface area contributed by atoms with Gasteiger partial charge in [-0.25, -0.2) is 4.79 Å². The van der Waals surface area contributed by atoms with Crippen molar-refractivity contribution in [1.29, 1.82) is 0 Å². The second-order valence-electron chi connectivity index (χ2n) is 5.58. The molecule has 2 N–H and O–H groups in total. The quantitative estimate of drug-likeness (QED) is 0.266. The molecule has 0 aliphatic rings. The summed E-state index contributed by atoms with van der Waals surface area (Å²) in [5.74, 6) is -0.619. The molecule has 7 nitrogen and oxygen atoms in total. The lowest BCUT2D eigenvalue weighted by molar-refractivity contribution is -0.118. The molecule has 1 aromatic carbocycles. The van der Waals surface area contributed by atoms with Crippen LogP contribution in [0, 0.1) is 0 Å². The first-order valence-corrected chi connectivity index (χ1v) is 9.96. The average molecular weight is 471 g/mol. The van der Waals surface area contributed by atoms with Crippen molar-refractivity contribution in [2.24, 2.45) is 0 Å². The van der Waals surface area contributed by atoms with E-state index in [4.69, 9.17) is 4.42 Å². The van der Waals surface area contributed by atoms with Crippen molar-refractivity contribution in [1.82, 2.24) is 10.6 Å². The Morgan fingerprint density at radius 1 is 1.12 bits per heavy atom. The van der Waals surface area contributed by atoms with Gasteiger partial charge in [-0.15, -0.1) is 0 Å². The molecule has 0 saturated heterocycles. The van der Waals surface area contributed by atoms with Crippen LogP contribution < -0.4 is 21.2 Å². The normalized spacial score (nSPS) is 10.6. The Balaban J connectivity index is 2.15. The van der Waals surface area contributed by atoms with Gasteiger partial charge >= 0.3 is 5.63 Å². The summed E-state index contributed by atoms with van der Waals surface area (Å²) in [4.78, 5) is 37.7. The zero-order chi connectivity index (χ0) is 19.1. The van der Waals surface area contributed by atoms with Crippen LogP contribution in [-0.2, 0) is 4.79 Å². The fraction of sp³-hybridized carbons (Fsp3) is 0.389. The molecule has 1 aromatic heterocycles. The third-order valence-electron chi connectivity index (χ3n) is 3.95. The first kappa shape index (κ1) is 20.2. The molecule has 2 rings (SSSR count). The molecule has 2 aromatic rings. The van der Waals surface area contributed by atoms with Crippen molar-refractivity contribution in [3.8, 4) is 0 Å². The molecule has 140 valence electrons. The van der Waals surface area contributed by atoms with Crippen molar-refractivity contribution in [3.63, 3.8) is 0 Å². The highest BCUT2D eigenvalue weighted by molar-refractivity contribution is 14.1. The maximum absolute atomic E-state index is 12.2. The SMILES string of the molecule is CCN(CC)c1ccc2cc(C(=O)NCCNC(=O)CI)c(=O)oc2c1. The van der Waals surface area contributed by atoms with E-state index in [1.807, 2.05) is 40.8 Å². The van der Waals surface area contributed by atoms with Gasteiger partial charge in [0, 0.05) is 43.3 Å². The van der Waals surface area contributed by atoms with Crippen LogP contribution in [0.25, 0.3) is 11.0 Å². The van der Waals surface area contributed by atoms with Crippen LogP contribution in [0.1, 0.15) is 24.2 Å². The Kier molecular flexibility index (Phi) is 7.43. The van der Waals surface area contributed by atoms with Gasteiger partial charge in [-0.1, -0.05) is 22.6 Å². The predicted molar refractivity (Wildman–Crippen MR) is 110 cm³/mol. The van der Waals surface area contributed by atoms with Crippen LogP contribution in [0.2, 0.25) is 0 Å². The molecule has 0 fully saturated rings. The minimum absolute atomic E-state index is 0.0479. The predicted octanol–water partition coefficient (Wildman–Crippen LogP) is 1.92. The number of halogens is 1. The van der Waals surface area contributed by atoms with Gasteiger partial charge in [0.2, 0.25) is 5.91 Å². The number of rotatable bonds is 8. The summed E-state index contributed by atoms with van der Waals surface area (Å²) in [5, 5.41) is 5.94. The first-order chi connectivity index (χ1) is 12.5. The molecule has 8 heteroatoms. The van der Waals surface area contributed by atoms with Crippen molar-refractivity contribution in [2.75, 3.05) is 35.5 Å². The Morgan fingerprint density at radius 3 is 2.46 bits per heavy atom. The van der Waals surface area contributed by atoms with Crippen LogP contribution in [0.3, 0.4) is 0 Å². The molecular formula is C18H22IN3O4. The highest BCUT2D eigenvalue weighted by Crippen LogP contribution is 2.21. The second-order valence-corrected chi connectivity index (χ2v) is 6.34. The topological polar surface area (TPSA) is 91.7 Å². The van der Waals surface area contributed by atoms with Gasteiger partial charge in [-0.3, -0.25) is 9.59 Å². The van der Waals surface area contributed by atoms with Crippen LogP contribution >= 0.6 is 22.6 Å². The highest BCUT2D eigenvalue weighted by atomic mass is 127. The van der Waals surface area contributed by atoms with Gasteiger partial charge in [-0.2, -0.15) is 0 Å². The minimum atomic E-state index is -0.678. The molecule has 0 aliphatic carbocycles. The maximum atomic E-state index is 12.2. The van der Waals surface area contributed by atoms with E-state index in [1.54, 1.807) is 0 Å². The number of carbonyl (C=O) groups is 2. The standard InChI is InChI=1S/C18H22IN3O4/c1-3-22(4-2)13-6-5-12-9-14(18(25)26-15(12)10-13)17(24)21-8-7-20-16(23)11-19/h5-6,9-10H,3-4,7-8,11H2,1-2H3,(H,20,23)(H,21,24). The van der Waals surface area contributed by atoms with Crippen molar-refractivity contribution >= 4 is 51.1 Å². The number of nitrogens with one attached hydrogen (secondary N) is 2. The minimum Gasteiger partial charge on any atom is -0.422 e. The average Bonchev–Trinajstić information content (AvgIpc) is 2.65. The smallest absolute Gasteiger partial charge is 0.349 e. The fourth-order valence-electron chi connectivity index (χ4n) is 2.56. The molecule has 0 spiro atoms. The molecule has 0 unspecified atom stereocenters. The highest BCUT2D eigenvalue weighted by Gasteiger charge is 2.14. The van der Waals surface area contributed by atoms with Gasteiger partial charge in [0.25, 0.3) is 5.91 Å². The van der Waals surface area contributed by atoms with Gasteiger partial charge in [0.1, 0.15) is 11.1 Å². The molecule has 0 aliphatic heterocycles. The number of benzene rings is 1. The number of fused-ring (bicyclic) bond motifs is 1. The van der Waals surface area contributed by atoms with Crippen LogP contribution in [0.4, 0.5) is 5.69 Å². The molecule has 0 radical (unpaired) electrons. The van der Waals surface area contributed by atoms with Gasteiger partial charge in [-0.05, 0) is 32.0 Å². The molecule has 0 atom stereocenters. The summed E-state index contributed by atoms with van der Waals surface area (Å²) >= 11 is 1.95. The Bertz CT molecular complexity index is 846. The number of hydrogen-bond acceptors (Lipinski definition) is 5. The van der Waals surface area contributed by atoms with Crippen LogP contribution in [0.15, 0.2) is 33.5 Å². The van der Waals surface area contributed by atoms with E-state index in [9.17, 15) is 14.4 Å². The molecule has 26 heavy (non-hydrogen) atoms. The van der Waals surface area contributed by atoms with E-state index in [0.29, 0.717) is 21.9 Å². The van der Waals surface area contributed by atoms with Crippen molar-refractivity contribution in [2.45, 2.75) is 13.8 Å². The maximum Gasteiger partial charge on any atom is 0.349 e. The van der Waals surface area contributed by atoms with Gasteiger partial charge in [0.05, 0.1) is 4.43 Å². The monoisotopic (exact) mass is 471 g/mol. The van der Waals surface area contributed by atoms with E-state index < -0.39 is 11.5 Å². The largest absolute Gasteiger partial charge is 0.422 e. The molecule has 0 saturated carbocycles. The number of alkyl halides is 1. The van der Waals surface area contributed by atoms with Crippen LogP contribution in [0.5, 0.6) is 0 Å². The molecule has 1 heterocycles.